The number of amides is 2. The summed E-state index contributed by atoms with van der Waals surface area (Å²) >= 11 is 5.93. The Hall–Kier alpha value is -3.37. The third-order valence-corrected chi connectivity index (χ3v) is 4.31. The van der Waals surface area contributed by atoms with E-state index < -0.39 is 29.9 Å². The van der Waals surface area contributed by atoms with Crippen LogP contribution in [0.25, 0.3) is 0 Å². The number of anilines is 1. The zero-order valence-corrected chi connectivity index (χ0v) is 16.9. The number of esters is 1. The average Bonchev–Trinajstić information content (AvgIpc) is 2.67. The van der Waals surface area contributed by atoms with Crippen LogP contribution in [0, 0.1) is 18.3 Å². The molecule has 0 aliphatic carbocycles. The van der Waals surface area contributed by atoms with Gasteiger partial charge >= 0.3 is 5.97 Å². The number of halogens is 1. The van der Waals surface area contributed by atoms with Gasteiger partial charge in [-0.15, -0.1) is 0 Å². The number of hydrogen-bond donors (Lipinski definition) is 2. The fraction of sp³-hybridized carbons (Fsp3) is 0.238. The van der Waals surface area contributed by atoms with Gasteiger partial charge in [0.2, 0.25) is 0 Å². The van der Waals surface area contributed by atoms with Crippen molar-refractivity contribution in [1.29, 1.82) is 5.26 Å². The molecule has 2 rings (SSSR count). The van der Waals surface area contributed by atoms with Crippen molar-refractivity contribution in [2.75, 3.05) is 5.32 Å². The summed E-state index contributed by atoms with van der Waals surface area (Å²) in [5.41, 5.74) is 1.99. The molecule has 0 bridgehead atoms. The first-order valence-corrected chi connectivity index (χ1v) is 9.17. The van der Waals surface area contributed by atoms with Crippen LogP contribution in [0.15, 0.2) is 42.5 Å². The Bertz CT molecular complexity index is 984. The molecule has 2 aromatic rings. The van der Waals surface area contributed by atoms with Gasteiger partial charge in [0.15, 0.2) is 6.10 Å². The Morgan fingerprint density at radius 1 is 1.14 bits per heavy atom. The molecule has 8 heteroatoms. The summed E-state index contributed by atoms with van der Waals surface area (Å²) in [5, 5.41) is 14.2. The highest BCUT2D eigenvalue weighted by atomic mass is 35.5. The van der Waals surface area contributed by atoms with Crippen molar-refractivity contribution in [1.82, 2.24) is 5.32 Å². The quantitative estimate of drug-likeness (QED) is 0.707. The van der Waals surface area contributed by atoms with Crippen LogP contribution in [0.2, 0.25) is 5.02 Å². The second-order valence-electron chi connectivity index (χ2n) is 6.44. The smallest absolute Gasteiger partial charge is 0.329 e. The summed E-state index contributed by atoms with van der Waals surface area (Å²) < 4.78 is 5.13. The third-order valence-electron chi connectivity index (χ3n) is 4.00. The van der Waals surface area contributed by atoms with Crippen molar-refractivity contribution < 1.29 is 19.1 Å². The van der Waals surface area contributed by atoms with Crippen LogP contribution < -0.4 is 10.6 Å². The van der Waals surface area contributed by atoms with E-state index in [1.54, 1.807) is 18.2 Å². The molecular formula is C21H20ClN3O4. The van der Waals surface area contributed by atoms with Crippen LogP contribution in [0.5, 0.6) is 0 Å². The molecule has 0 radical (unpaired) electrons. The second kappa shape index (κ2) is 9.71. The normalized spacial score (nSPS) is 12.2. The van der Waals surface area contributed by atoms with E-state index in [0.29, 0.717) is 11.3 Å². The minimum atomic E-state index is -1.10. The van der Waals surface area contributed by atoms with Gasteiger partial charge in [-0.1, -0.05) is 29.3 Å². The number of carbonyl (C=O) groups excluding carboxylic acids is 3. The summed E-state index contributed by atoms with van der Waals surface area (Å²) in [6, 6.07) is 12.3. The van der Waals surface area contributed by atoms with Crippen LogP contribution in [0.3, 0.4) is 0 Å². The number of ether oxygens (including phenoxy) is 1. The van der Waals surface area contributed by atoms with Gasteiger partial charge in [0.05, 0.1) is 10.6 Å². The van der Waals surface area contributed by atoms with E-state index >= 15 is 0 Å². The van der Waals surface area contributed by atoms with E-state index in [9.17, 15) is 14.4 Å². The van der Waals surface area contributed by atoms with Gasteiger partial charge in [0, 0.05) is 11.3 Å². The maximum Gasteiger partial charge on any atom is 0.329 e. The minimum Gasteiger partial charge on any atom is -0.451 e. The predicted molar refractivity (Wildman–Crippen MR) is 108 cm³/mol. The minimum absolute atomic E-state index is 0.197. The summed E-state index contributed by atoms with van der Waals surface area (Å²) in [6.45, 7) is 4.74. The lowest BCUT2D eigenvalue weighted by Crippen LogP contribution is -2.42. The van der Waals surface area contributed by atoms with Gasteiger partial charge in [-0.3, -0.25) is 9.59 Å². The molecule has 2 aromatic carbocycles. The molecule has 2 amide bonds. The molecule has 2 atom stereocenters. The van der Waals surface area contributed by atoms with Crippen LogP contribution in [0.1, 0.15) is 35.3 Å². The van der Waals surface area contributed by atoms with Crippen molar-refractivity contribution in [3.63, 3.8) is 0 Å². The number of aryl methyl sites for hydroxylation is 1. The number of rotatable bonds is 6. The summed E-state index contributed by atoms with van der Waals surface area (Å²) in [5.74, 6) is -1.73. The van der Waals surface area contributed by atoms with Crippen molar-refractivity contribution in [2.24, 2.45) is 0 Å². The van der Waals surface area contributed by atoms with E-state index in [4.69, 9.17) is 21.6 Å². The lowest BCUT2D eigenvalue weighted by atomic mass is 10.1. The monoisotopic (exact) mass is 413 g/mol. The first-order chi connectivity index (χ1) is 13.7. The van der Waals surface area contributed by atoms with Gasteiger partial charge in [-0.25, -0.2) is 4.79 Å². The Balaban J connectivity index is 1.91. The maximum atomic E-state index is 12.2. The van der Waals surface area contributed by atoms with Crippen LogP contribution in [-0.2, 0) is 14.3 Å². The first-order valence-electron chi connectivity index (χ1n) is 8.79. The Kier molecular flexibility index (Phi) is 7.34. The number of nitrogens with one attached hydrogen (secondary N) is 2. The van der Waals surface area contributed by atoms with Crippen LogP contribution in [-0.4, -0.2) is 29.9 Å². The van der Waals surface area contributed by atoms with Crippen LogP contribution in [0.4, 0.5) is 5.69 Å². The zero-order chi connectivity index (χ0) is 21.6. The second-order valence-corrected chi connectivity index (χ2v) is 6.85. The number of hydrogen-bond acceptors (Lipinski definition) is 5. The molecule has 0 saturated carbocycles. The Labute approximate surface area is 173 Å². The standard InChI is InChI=1S/C21H20ClN3O4/c1-12-5-4-6-15(9-12)20(27)24-13(2)21(28)29-14(3)19(26)25-17-8-7-16(11-23)18(22)10-17/h4-10,13-14H,1-3H3,(H,24,27)(H,25,26)/t13-,14-/m0/s1. The van der Waals surface area contributed by atoms with Gasteiger partial charge in [0.25, 0.3) is 11.8 Å². The van der Waals surface area contributed by atoms with E-state index in [2.05, 4.69) is 10.6 Å². The molecule has 150 valence electrons. The van der Waals surface area contributed by atoms with Crippen LogP contribution >= 0.6 is 11.6 Å². The van der Waals surface area contributed by atoms with E-state index in [1.165, 1.54) is 32.0 Å². The molecule has 0 spiro atoms. The zero-order valence-electron chi connectivity index (χ0n) is 16.2. The van der Waals surface area contributed by atoms with Crippen molar-refractivity contribution in [3.8, 4) is 6.07 Å². The average molecular weight is 414 g/mol. The Morgan fingerprint density at radius 2 is 1.86 bits per heavy atom. The molecule has 0 aliphatic heterocycles. The highest BCUT2D eigenvalue weighted by molar-refractivity contribution is 6.32. The lowest BCUT2D eigenvalue weighted by molar-refractivity contribution is -0.154. The number of nitriles is 1. The molecule has 0 unspecified atom stereocenters. The molecule has 2 N–H and O–H groups in total. The summed E-state index contributed by atoms with van der Waals surface area (Å²) in [4.78, 5) is 36.7. The SMILES string of the molecule is Cc1cccc(C(=O)N[C@@H](C)C(=O)O[C@@H](C)C(=O)Nc2ccc(C#N)c(Cl)c2)c1. The Morgan fingerprint density at radius 3 is 2.48 bits per heavy atom. The van der Waals surface area contributed by atoms with Crippen molar-refractivity contribution in [2.45, 2.75) is 32.9 Å². The third kappa shape index (κ3) is 6.06. The topological polar surface area (TPSA) is 108 Å². The molecule has 0 aliphatic rings. The highest BCUT2D eigenvalue weighted by Crippen LogP contribution is 2.20. The summed E-state index contributed by atoms with van der Waals surface area (Å²) in [7, 11) is 0. The van der Waals surface area contributed by atoms with Gasteiger partial charge < -0.3 is 15.4 Å². The van der Waals surface area contributed by atoms with E-state index in [1.807, 2.05) is 19.1 Å². The maximum absolute atomic E-state index is 12.2. The number of carbonyl (C=O) groups is 3. The highest BCUT2D eigenvalue weighted by Gasteiger charge is 2.23. The summed E-state index contributed by atoms with van der Waals surface area (Å²) in [6.07, 6.45) is -1.10. The van der Waals surface area contributed by atoms with Crippen molar-refractivity contribution >= 4 is 35.1 Å². The number of benzene rings is 2. The first kappa shape index (κ1) is 21.9. The van der Waals surface area contributed by atoms with Gasteiger partial charge in [0.1, 0.15) is 12.1 Å². The fourth-order valence-corrected chi connectivity index (χ4v) is 2.61. The molecule has 29 heavy (non-hydrogen) atoms. The molecule has 0 aromatic heterocycles. The molecule has 0 saturated heterocycles. The molecular weight excluding hydrogens is 394 g/mol. The van der Waals surface area contributed by atoms with E-state index in [0.717, 1.165) is 5.56 Å². The largest absolute Gasteiger partial charge is 0.451 e. The van der Waals surface area contributed by atoms with Gasteiger partial charge in [-0.2, -0.15) is 5.26 Å². The number of nitrogens with zero attached hydrogens (tertiary/aromatic N) is 1. The van der Waals surface area contributed by atoms with Gasteiger partial charge in [-0.05, 0) is 51.1 Å². The predicted octanol–water partition coefficient (Wildman–Crippen LogP) is 3.21. The fourth-order valence-electron chi connectivity index (χ4n) is 2.38. The molecule has 0 heterocycles. The molecule has 7 nitrogen and oxygen atoms in total. The van der Waals surface area contributed by atoms with Crippen molar-refractivity contribution in [3.05, 3.63) is 64.2 Å². The lowest BCUT2D eigenvalue weighted by Gasteiger charge is -2.18. The van der Waals surface area contributed by atoms with E-state index in [-0.39, 0.29) is 10.6 Å². The molecule has 0 fully saturated rings.